The predicted octanol–water partition coefficient (Wildman–Crippen LogP) is 7.46. The average Bonchev–Trinajstić information content (AvgIpc) is 2.95. The highest BCUT2D eigenvalue weighted by Gasteiger charge is 2.34. The molecule has 2 saturated carbocycles. The van der Waals surface area contributed by atoms with E-state index in [1.165, 1.54) is 64.3 Å². The third-order valence-corrected chi connectivity index (χ3v) is 8.46. The molecule has 0 aromatic rings. The van der Waals surface area contributed by atoms with Gasteiger partial charge in [-0.05, 0) is 114 Å². The molecule has 0 aromatic heterocycles. The minimum absolute atomic E-state index is 0.627. The van der Waals surface area contributed by atoms with Crippen LogP contribution in [0.2, 0.25) is 0 Å². The maximum atomic E-state index is 14.1. The zero-order chi connectivity index (χ0) is 20.0. The van der Waals surface area contributed by atoms with E-state index in [1.807, 2.05) is 0 Å². The van der Waals surface area contributed by atoms with Gasteiger partial charge in [0.05, 0.1) is 0 Å². The largest absolute Gasteiger partial charge is 0.311 e. The highest BCUT2D eigenvalue weighted by atomic mass is 19.1. The van der Waals surface area contributed by atoms with E-state index < -0.39 is 5.67 Å². The standard InChI is InChI=1S/C26H46FN/c1-20(19-21(2)24-14-16-26(3,27)17-15-24)23-11-8-22(9-12-23)10-13-25-7-5-4-6-18-28-25/h10,13,20-25,28H,4-9,11-12,14-19H2,1-3H3/b13-10+. The van der Waals surface area contributed by atoms with E-state index in [2.05, 4.69) is 31.3 Å². The first-order valence-corrected chi connectivity index (χ1v) is 12.5. The summed E-state index contributed by atoms with van der Waals surface area (Å²) in [6, 6.07) is 0.627. The summed E-state index contributed by atoms with van der Waals surface area (Å²) in [5, 5.41) is 3.70. The first-order valence-electron chi connectivity index (χ1n) is 12.5. The molecule has 1 N–H and O–H groups in total. The molecule has 1 aliphatic heterocycles. The maximum absolute atomic E-state index is 14.1. The summed E-state index contributed by atoms with van der Waals surface area (Å²) >= 11 is 0. The summed E-state index contributed by atoms with van der Waals surface area (Å²) in [6.45, 7) is 7.93. The Labute approximate surface area is 174 Å². The highest BCUT2D eigenvalue weighted by molar-refractivity contribution is 4.99. The monoisotopic (exact) mass is 391 g/mol. The molecule has 1 nitrogen and oxygen atoms in total. The summed E-state index contributed by atoms with van der Waals surface area (Å²) in [6.07, 6.45) is 21.2. The van der Waals surface area contributed by atoms with Crippen molar-refractivity contribution in [3.05, 3.63) is 12.2 Å². The van der Waals surface area contributed by atoms with Crippen molar-refractivity contribution >= 4 is 0 Å². The Kier molecular flexibility index (Phi) is 8.45. The molecule has 3 aliphatic rings. The molecule has 2 heteroatoms. The Balaban J connectivity index is 1.37. The summed E-state index contributed by atoms with van der Waals surface area (Å²) in [5.74, 6) is 4.09. The first-order chi connectivity index (χ1) is 13.4. The van der Waals surface area contributed by atoms with E-state index in [9.17, 15) is 4.39 Å². The molecule has 28 heavy (non-hydrogen) atoms. The van der Waals surface area contributed by atoms with Gasteiger partial charge in [-0.3, -0.25) is 0 Å². The van der Waals surface area contributed by atoms with Crippen LogP contribution in [0.3, 0.4) is 0 Å². The SMILES string of the molecule is CC(CC(C)C1CCC(C)(F)CC1)C1CCC(/C=C/C2CCCCCN2)CC1. The minimum atomic E-state index is -0.889. The zero-order valence-corrected chi connectivity index (χ0v) is 18.9. The van der Waals surface area contributed by atoms with Crippen molar-refractivity contribution in [3.8, 4) is 0 Å². The first kappa shape index (κ1) is 22.3. The molecule has 0 amide bonds. The van der Waals surface area contributed by atoms with Gasteiger partial charge in [-0.1, -0.05) is 38.8 Å². The Hall–Kier alpha value is -0.370. The fraction of sp³-hybridized carbons (Fsp3) is 0.923. The molecule has 3 fully saturated rings. The number of allylic oxidation sites excluding steroid dienone is 1. The van der Waals surface area contributed by atoms with Crippen LogP contribution in [0.25, 0.3) is 0 Å². The molecule has 3 unspecified atom stereocenters. The van der Waals surface area contributed by atoms with Crippen LogP contribution in [0, 0.1) is 29.6 Å². The molecule has 2 aliphatic carbocycles. The number of rotatable bonds is 6. The summed E-state index contributed by atoms with van der Waals surface area (Å²) < 4.78 is 14.1. The lowest BCUT2D eigenvalue weighted by Crippen LogP contribution is -2.30. The molecule has 3 atom stereocenters. The van der Waals surface area contributed by atoms with Crippen molar-refractivity contribution in [2.75, 3.05) is 6.54 Å². The molecular formula is C26H46FN. The van der Waals surface area contributed by atoms with Crippen molar-refractivity contribution in [3.63, 3.8) is 0 Å². The van der Waals surface area contributed by atoms with Gasteiger partial charge in [0, 0.05) is 6.04 Å². The van der Waals surface area contributed by atoms with E-state index in [4.69, 9.17) is 0 Å². The van der Waals surface area contributed by atoms with Crippen molar-refractivity contribution in [2.45, 2.75) is 116 Å². The lowest BCUT2D eigenvalue weighted by molar-refractivity contribution is 0.0771. The molecule has 0 bridgehead atoms. The fourth-order valence-corrected chi connectivity index (χ4v) is 6.20. The lowest BCUT2D eigenvalue weighted by Gasteiger charge is -2.37. The second kappa shape index (κ2) is 10.6. The van der Waals surface area contributed by atoms with Gasteiger partial charge >= 0.3 is 0 Å². The van der Waals surface area contributed by atoms with Crippen LogP contribution in [0.5, 0.6) is 0 Å². The molecule has 3 rings (SSSR count). The molecule has 0 radical (unpaired) electrons. The second-order valence-electron chi connectivity index (χ2n) is 10.9. The Morgan fingerprint density at radius 3 is 2.18 bits per heavy atom. The van der Waals surface area contributed by atoms with Gasteiger partial charge in [-0.2, -0.15) is 0 Å². The minimum Gasteiger partial charge on any atom is -0.311 e. The number of alkyl halides is 1. The van der Waals surface area contributed by atoms with Crippen molar-refractivity contribution < 1.29 is 4.39 Å². The number of hydrogen-bond acceptors (Lipinski definition) is 1. The van der Waals surface area contributed by atoms with Gasteiger partial charge in [0.15, 0.2) is 0 Å². The van der Waals surface area contributed by atoms with Gasteiger partial charge in [-0.15, -0.1) is 0 Å². The van der Waals surface area contributed by atoms with Gasteiger partial charge in [0.1, 0.15) is 5.67 Å². The van der Waals surface area contributed by atoms with Crippen LogP contribution in [0.15, 0.2) is 12.2 Å². The van der Waals surface area contributed by atoms with Crippen molar-refractivity contribution in [1.29, 1.82) is 0 Å². The van der Waals surface area contributed by atoms with Crippen LogP contribution in [0.1, 0.15) is 104 Å². The second-order valence-corrected chi connectivity index (χ2v) is 10.9. The van der Waals surface area contributed by atoms with Gasteiger partial charge in [0.25, 0.3) is 0 Å². The van der Waals surface area contributed by atoms with Gasteiger partial charge < -0.3 is 5.32 Å². The quantitative estimate of drug-likeness (QED) is 0.463. The molecule has 0 spiro atoms. The molecule has 162 valence electrons. The third-order valence-electron chi connectivity index (χ3n) is 8.46. The summed E-state index contributed by atoms with van der Waals surface area (Å²) in [4.78, 5) is 0. The van der Waals surface area contributed by atoms with Gasteiger partial charge in [0.2, 0.25) is 0 Å². The van der Waals surface area contributed by atoms with E-state index in [0.717, 1.165) is 55.3 Å². The third kappa shape index (κ3) is 6.85. The molecule has 1 saturated heterocycles. The summed E-state index contributed by atoms with van der Waals surface area (Å²) in [7, 11) is 0. The molecule has 0 aromatic carbocycles. The van der Waals surface area contributed by atoms with E-state index in [0.29, 0.717) is 6.04 Å². The molecular weight excluding hydrogens is 345 g/mol. The smallest absolute Gasteiger partial charge is 0.108 e. The Morgan fingerprint density at radius 1 is 0.857 bits per heavy atom. The molecule has 1 heterocycles. The van der Waals surface area contributed by atoms with E-state index >= 15 is 0 Å². The van der Waals surface area contributed by atoms with E-state index in [-0.39, 0.29) is 0 Å². The number of halogens is 1. The van der Waals surface area contributed by atoms with Crippen LogP contribution in [0.4, 0.5) is 4.39 Å². The van der Waals surface area contributed by atoms with Crippen molar-refractivity contribution in [1.82, 2.24) is 5.32 Å². The Morgan fingerprint density at radius 2 is 1.50 bits per heavy atom. The maximum Gasteiger partial charge on any atom is 0.108 e. The number of nitrogens with one attached hydrogen (secondary N) is 1. The fourth-order valence-electron chi connectivity index (χ4n) is 6.20. The zero-order valence-electron chi connectivity index (χ0n) is 18.9. The lowest BCUT2D eigenvalue weighted by atomic mass is 9.69. The van der Waals surface area contributed by atoms with Crippen LogP contribution >= 0.6 is 0 Å². The van der Waals surface area contributed by atoms with Crippen LogP contribution < -0.4 is 5.32 Å². The van der Waals surface area contributed by atoms with Crippen LogP contribution in [-0.4, -0.2) is 18.3 Å². The van der Waals surface area contributed by atoms with Crippen molar-refractivity contribution in [2.24, 2.45) is 29.6 Å². The summed E-state index contributed by atoms with van der Waals surface area (Å²) in [5.41, 5.74) is -0.889. The Bertz CT molecular complexity index is 459. The van der Waals surface area contributed by atoms with Gasteiger partial charge in [-0.25, -0.2) is 4.39 Å². The topological polar surface area (TPSA) is 12.0 Å². The number of hydrogen-bond donors (Lipinski definition) is 1. The predicted molar refractivity (Wildman–Crippen MR) is 119 cm³/mol. The normalized spacial score (nSPS) is 40.1. The van der Waals surface area contributed by atoms with E-state index in [1.54, 1.807) is 6.92 Å². The highest BCUT2D eigenvalue weighted by Crippen LogP contribution is 2.42. The average molecular weight is 392 g/mol. The van der Waals surface area contributed by atoms with Crippen LogP contribution in [-0.2, 0) is 0 Å².